The van der Waals surface area contributed by atoms with Crippen molar-refractivity contribution in [3.05, 3.63) is 10.7 Å². The normalized spacial score (nSPS) is 17.6. The summed E-state index contributed by atoms with van der Waals surface area (Å²) in [5.41, 5.74) is 0. The van der Waals surface area contributed by atoms with E-state index in [1.54, 1.807) is 4.90 Å². The van der Waals surface area contributed by atoms with Gasteiger partial charge in [-0.1, -0.05) is 0 Å². The first-order valence-electron chi connectivity index (χ1n) is 5.80. The Balaban J connectivity index is 2.05. The van der Waals surface area contributed by atoms with Crippen molar-refractivity contribution in [1.29, 1.82) is 0 Å². The molecule has 1 fully saturated rings. The summed E-state index contributed by atoms with van der Waals surface area (Å²) in [5, 5.41) is 0. The molecule has 2 heterocycles. The quantitative estimate of drug-likeness (QED) is 0.830. The van der Waals surface area contributed by atoms with Crippen molar-refractivity contribution in [2.45, 2.75) is 19.0 Å². The summed E-state index contributed by atoms with van der Waals surface area (Å²) in [4.78, 5) is 10.0. The van der Waals surface area contributed by atoms with E-state index in [0.29, 0.717) is 29.4 Å². The molecule has 1 aromatic rings. The zero-order valence-corrected chi connectivity index (χ0v) is 11.8. The lowest BCUT2D eigenvalue weighted by atomic mass is 9.96. The number of anilines is 1. The van der Waals surface area contributed by atoms with Crippen molar-refractivity contribution in [2.75, 3.05) is 25.1 Å². The molecular formula is C11H13BrF3N3O. The SMILES string of the molecule is COc1nc(N2CCC(C(F)(F)F)CC2)ncc1Br. The number of halogens is 4. The first-order valence-corrected chi connectivity index (χ1v) is 6.59. The second-order valence-corrected chi connectivity index (χ2v) is 5.18. The van der Waals surface area contributed by atoms with Crippen LogP contribution in [0.4, 0.5) is 19.1 Å². The summed E-state index contributed by atoms with van der Waals surface area (Å²) in [6.45, 7) is 0.601. The monoisotopic (exact) mass is 339 g/mol. The molecule has 0 aliphatic carbocycles. The molecule has 8 heteroatoms. The molecule has 0 radical (unpaired) electrons. The highest BCUT2D eigenvalue weighted by molar-refractivity contribution is 9.10. The Morgan fingerprint density at radius 2 is 2.00 bits per heavy atom. The van der Waals surface area contributed by atoms with Gasteiger partial charge in [0.15, 0.2) is 0 Å². The fourth-order valence-electron chi connectivity index (χ4n) is 2.05. The second kappa shape index (κ2) is 5.52. The lowest BCUT2D eigenvalue weighted by molar-refractivity contribution is -0.179. The van der Waals surface area contributed by atoms with E-state index in [4.69, 9.17) is 4.74 Å². The Labute approximate surface area is 117 Å². The third-order valence-corrected chi connectivity index (χ3v) is 3.68. The van der Waals surface area contributed by atoms with Crippen LogP contribution in [0.1, 0.15) is 12.8 Å². The molecule has 0 atom stereocenters. The van der Waals surface area contributed by atoms with Crippen LogP contribution in [0.3, 0.4) is 0 Å². The van der Waals surface area contributed by atoms with E-state index in [2.05, 4.69) is 25.9 Å². The van der Waals surface area contributed by atoms with Crippen LogP contribution in [0, 0.1) is 5.92 Å². The van der Waals surface area contributed by atoms with E-state index in [-0.39, 0.29) is 12.8 Å². The first-order chi connectivity index (χ1) is 8.91. The Bertz CT molecular complexity index is 447. The van der Waals surface area contributed by atoms with Crippen LogP contribution >= 0.6 is 15.9 Å². The van der Waals surface area contributed by atoms with Gasteiger partial charge in [0.25, 0.3) is 0 Å². The maximum Gasteiger partial charge on any atom is 0.391 e. The zero-order valence-electron chi connectivity index (χ0n) is 10.2. The molecule has 0 aromatic carbocycles. The molecule has 0 unspecified atom stereocenters. The maximum absolute atomic E-state index is 12.6. The van der Waals surface area contributed by atoms with Crippen LogP contribution in [0.2, 0.25) is 0 Å². The Hall–Kier alpha value is -1.05. The number of hydrogen-bond donors (Lipinski definition) is 0. The largest absolute Gasteiger partial charge is 0.480 e. The van der Waals surface area contributed by atoms with Crippen LogP contribution in [0.5, 0.6) is 5.88 Å². The van der Waals surface area contributed by atoms with Gasteiger partial charge in [0.2, 0.25) is 11.8 Å². The Morgan fingerprint density at radius 1 is 1.37 bits per heavy atom. The van der Waals surface area contributed by atoms with Gasteiger partial charge in [-0.3, -0.25) is 0 Å². The highest BCUT2D eigenvalue weighted by Crippen LogP contribution is 2.35. The molecule has 1 aliphatic heterocycles. The van der Waals surface area contributed by atoms with E-state index >= 15 is 0 Å². The summed E-state index contributed by atoms with van der Waals surface area (Å²) >= 11 is 3.23. The van der Waals surface area contributed by atoms with E-state index in [1.807, 2.05) is 0 Å². The van der Waals surface area contributed by atoms with Crippen molar-refractivity contribution >= 4 is 21.9 Å². The van der Waals surface area contributed by atoms with E-state index in [9.17, 15) is 13.2 Å². The van der Waals surface area contributed by atoms with Gasteiger partial charge in [0, 0.05) is 13.1 Å². The minimum atomic E-state index is -4.11. The number of nitrogens with zero attached hydrogens (tertiary/aromatic N) is 3. The minimum absolute atomic E-state index is 0.0746. The molecule has 106 valence electrons. The van der Waals surface area contributed by atoms with Crippen molar-refractivity contribution in [3.8, 4) is 5.88 Å². The predicted octanol–water partition coefficient (Wildman–Crippen LogP) is 3.03. The smallest absolute Gasteiger partial charge is 0.391 e. The van der Waals surface area contributed by atoms with Crippen molar-refractivity contribution in [3.63, 3.8) is 0 Å². The van der Waals surface area contributed by atoms with Crippen molar-refractivity contribution < 1.29 is 17.9 Å². The molecule has 0 bridgehead atoms. The predicted molar refractivity (Wildman–Crippen MR) is 67.3 cm³/mol. The van der Waals surface area contributed by atoms with Crippen molar-refractivity contribution in [1.82, 2.24) is 9.97 Å². The molecule has 1 aliphatic rings. The molecule has 0 saturated carbocycles. The summed E-state index contributed by atoms with van der Waals surface area (Å²) < 4.78 is 43.4. The topological polar surface area (TPSA) is 38.2 Å². The van der Waals surface area contributed by atoms with Crippen LogP contribution in [-0.4, -0.2) is 36.3 Å². The maximum atomic E-state index is 12.6. The molecule has 1 saturated heterocycles. The van der Waals surface area contributed by atoms with Gasteiger partial charge in [0.05, 0.1) is 23.7 Å². The number of ether oxygens (including phenoxy) is 1. The van der Waals surface area contributed by atoms with Gasteiger partial charge in [-0.05, 0) is 28.8 Å². The van der Waals surface area contributed by atoms with E-state index in [1.165, 1.54) is 13.3 Å². The highest BCUT2D eigenvalue weighted by atomic mass is 79.9. The van der Waals surface area contributed by atoms with Gasteiger partial charge in [-0.25, -0.2) is 4.98 Å². The highest BCUT2D eigenvalue weighted by Gasteiger charge is 2.41. The minimum Gasteiger partial charge on any atom is -0.480 e. The van der Waals surface area contributed by atoms with E-state index < -0.39 is 12.1 Å². The summed E-state index contributed by atoms with van der Waals surface area (Å²) in [7, 11) is 1.48. The van der Waals surface area contributed by atoms with E-state index in [0.717, 1.165) is 0 Å². The lowest BCUT2D eigenvalue weighted by Crippen LogP contribution is -2.39. The molecular weight excluding hydrogens is 327 g/mol. The molecule has 0 spiro atoms. The van der Waals surface area contributed by atoms with Gasteiger partial charge in [-0.2, -0.15) is 18.2 Å². The fraction of sp³-hybridized carbons (Fsp3) is 0.636. The van der Waals surface area contributed by atoms with Crippen LogP contribution in [0.15, 0.2) is 10.7 Å². The average molecular weight is 340 g/mol. The lowest BCUT2D eigenvalue weighted by Gasteiger charge is -2.32. The molecule has 0 amide bonds. The van der Waals surface area contributed by atoms with Crippen molar-refractivity contribution in [2.24, 2.45) is 5.92 Å². The number of hydrogen-bond acceptors (Lipinski definition) is 4. The van der Waals surface area contributed by atoms with Crippen LogP contribution in [0.25, 0.3) is 0 Å². The van der Waals surface area contributed by atoms with Gasteiger partial charge < -0.3 is 9.64 Å². The fourth-order valence-corrected chi connectivity index (χ4v) is 2.40. The number of methoxy groups -OCH3 is 1. The third kappa shape index (κ3) is 3.29. The number of alkyl halides is 3. The summed E-state index contributed by atoms with van der Waals surface area (Å²) in [6, 6.07) is 0. The Kier molecular flexibility index (Phi) is 4.17. The molecule has 2 rings (SSSR count). The molecule has 4 nitrogen and oxygen atoms in total. The number of aromatic nitrogens is 2. The Morgan fingerprint density at radius 3 is 2.53 bits per heavy atom. The number of rotatable bonds is 2. The first kappa shape index (κ1) is 14.4. The van der Waals surface area contributed by atoms with Gasteiger partial charge >= 0.3 is 6.18 Å². The van der Waals surface area contributed by atoms with Gasteiger partial charge in [-0.15, -0.1) is 0 Å². The zero-order chi connectivity index (χ0) is 14.0. The van der Waals surface area contributed by atoms with Gasteiger partial charge in [0.1, 0.15) is 0 Å². The molecule has 0 N–H and O–H groups in total. The molecule has 1 aromatic heterocycles. The van der Waals surface area contributed by atoms with Crippen LogP contribution < -0.4 is 9.64 Å². The third-order valence-electron chi connectivity index (χ3n) is 3.13. The number of piperidine rings is 1. The molecule has 19 heavy (non-hydrogen) atoms. The standard InChI is InChI=1S/C11H13BrF3N3O/c1-19-9-8(12)6-16-10(17-9)18-4-2-7(3-5-18)11(13,14)15/h6-7H,2-5H2,1H3. The average Bonchev–Trinajstić information content (AvgIpc) is 2.38. The summed E-state index contributed by atoms with van der Waals surface area (Å²) in [6.07, 6.45) is -2.42. The second-order valence-electron chi connectivity index (χ2n) is 4.33. The summed E-state index contributed by atoms with van der Waals surface area (Å²) in [5.74, 6) is -0.440. The van der Waals surface area contributed by atoms with Crippen LogP contribution in [-0.2, 0) is 0 Å².